The number of carbonyl (C=O) groups is 1. The van der Waals surface area contributed by atoms with Gasteiger partial charge in [0, 0.05) is 18.5 Å². The number of rotatable bonds is 1. The molecule has 1 N–H and O–H groups in total. The van der Waals surface area contributed by atoms with Crippen LogP contribution in [0.5, 0.6) is 0 Å². The molecular weight excluding hydrogens is 244 g/mol. The summed E-state index contributed by atoms with van der Waals surface area (Å²) in [5.41, 5.74) is 2.03. The van der Waals surface area contributed by atoms with Crippen LogP contribution in [0.2, 0.25) is 0 Å². The Labute approximate surface area is 112 Å². The van der Waals surface area contributed by atoms with Crippen LogP contribution in [0.25, 0.3) is 0 Å². The molecule has 3 rings (SSSR count). The minimum atomic E-state index is 0.238. The highest BCUT2D eigenvalue weighted by Crippen LogP contribution is 2.28. The molecule has 98 valence electrons. The molecule has 0 bridgehead atoms. The van der Waals surface area contributed by atoms with E-state index in [9.17, 15) is 4.79 Å². The molecule has 3 nitrogen and oxygen atoms in total. The highest BCUT2D eigenvalue weighted by Gasteiger charge is 2.31. The molecule has 1 aromatic heterocycles. The Kier molecular flexibility index (Phi) is 3.39. The third-order valence-electron chi connectivity index (χ3n) is 4.39. The molecular formula is C14H20N2OS. The highest BCUT2D eigenvalue weighted by atomic mass is 32.1. The van der Waals surface area contributed by atoms with Crippen LogP contribution in [0.4, 0.5) is 0 Å². The summed E-state index contributed by atoms with van der Waals surface area (Å²) in [4.78, 5) is 14.5. The molecule has 0 unspecified atom stereocenters. The van der Waals surface area contributed by atoms with Crippen molar-refractivity contribution in [1.29, 1.82) is 0 Å². The summed E-state index contributed by atoms with van der Waals surface area (Å²) >= 11 is 1.62. The fourth-order valence-corrected chi connectivity index (χ4v) is 3.99. The molecule has 0 aromatic carbocycles. The Hall–Kier alpha value is -0.870. The normalized spacial score (nSPS) is 27.9. The van der Waals surface area contributed by atoms with Gasteiger partial charge in [0.1, 0.15) is 0 Å². The Morgan fingerprint density at radius 3 is 2.50 bits per heavy atom. The molecule has 2 atom stereocenters. The second-order valence-corrected chi connectivity index (χ2v) is 6.26. The Balaban J connectivity index is 1.70. The summed E-state index contributed by atoms with van der Waals surface area (Å²) in [5, 5.41) is 7.52. The maximum atomic E-state index is 12.5. The van der Waals surface area contributed by atoms with Crippen molar-refractivity contribution >= 4 is 17.2 Å². The Morgan fingerprint density at radius 2 is 1.94 bits per heavy atom. The van der Waals surface area contributed by atoms with Crippen molar-refractivity contribution in [2.75, 3.05) is 26.2 Å². The van der Waals surface area contributed by atoms with Gasteiger partial charge in [-0.05, 0) is 55.6 Å². The van der Waals surface area contributed by atoms with Crippen LogP contribution in [0.15, 0.2) is 10.8 Å². The smallest absolute Gasteiger partial charge is 0.254 e. The first kappa shape index (κ1) is 12.2. The van der Waals surface area contributed by atoms with E-state index in [1.54, 1.807) is 11.3 Å². The largest absolute Gasteiger partial charge is 0.339 e. The van der Waals surface area contributed by atoms with Crippen LogP contribution < -0.4 is 5.32 Å². The number of hydrogen-bond acceptors (Lipinski definition) is 3. The zero-order valence-electron chi connectivity index (χ0n) is 10.8. The molecule has 2 saturated heterocycles. The summed E-state index contributed by atoms with van der Waals surface area (Å²) in [6, 6.07) is 0. The van der Waals surface area contributed by atoms with Crippen LogP contribution in [0.3, 0.4) is 0 Å². The molecule has 2 aliphatic rings. The number of amides is 1. The lowest BCUT2D eigenvalue weighted by Gasteiger charge is -2.20. The van der Waals surface area contributed by atoms with Gasteiger partial charge < -0.3 is 10.2 Å². The van der Waals surface area contributed by atoms with E-state index in [1.807, 2.05) is 12.3 Å². The van der Waals surface area contributed by atoms with Gasteiger partial charge in [-0.25, -0.2) is 0 Å². The quantitative estimate of drug-likeness (QED) is 0.843. The van der Waals surface area contributed by atoms with E-state index in [0.29, 0.717) is 0 Å². The predicted molar refractivity (Wildman–Crippen MR) is 74.0 cm³/mol. The predicted octanol–water partition coefficient (Wildman–Crippen LogP) is 2.13. The molecule has 2 fully saturated rings. The second-order valence-electron chi connectivity index (χ2n) is 5.52. The number of aryl methyl sites for hydroxylation is 1. The van der Waals surface area contributed by atoms with E-state index in [4.69, 9.17) is 0 Å². The zero-order chi connectivity index (χ0) is 12.5. The number of likely N-dealkylation sites (tertiary alicyclic amines) is 1. The van der Waals surface area contributed by atoms with E-state index < -0.39 is 0 Å². The SMILES string of the molecule is Cc1cscc1C(=O)N1CC[C@@H]2CNC[C@@H]2CC1. The molecule has 0 spiro atoms. The molecule has 0 radical (unpaired) electrons. The van der Waals surface area contributed by atoms with Crippen LogP contribution in [-0.2, 0) is 0 Å². The van der Waals surface area contributed by atoms with Gasteiger partial charge in [0.2, 0.25) is 0 Å². The van der Waals surface area contributed by atoms with E-state index in [-0.39, 0.29) is 5.91 Å². The summed E-state index contributed by atoms with van der Waals surface area (Å²) in [6.45, 7) is 6.17. The van der Waals surface area contributed by atoms with Crippen LogP contribution >= 0.6 is 11.3 Å². The molecule has 1 amide bonds. The van der Waals surface area contributed by atoms with Gasteiger partial charge in [-0.2, -0.15) is 11.3 Å². The van der Waals surface area contributed by atoms with E-state index >= 15 is 0 Å². The van der Waals surface area contributed by atoms with Gasteiger partial charge in [0.15, 0.2) is 0 Å². The first-order valence-corrected chi connectivity index (χ1v) is 7.73. The second kappa shape index (κ2) is 5.02. The average Bonchev–Trinajstić information content (AvgIpc) is 2.94. The van der Waals surface area contributed by atoms with Crippen LogP contribution in [0.1, 0.15) is 28.8 Å². The average molecular weight is 264 g/mol. The molecule has 3 heterocycles. The lowest BCUT2D eigenvalue weighted by atomic mass is 9.92. The number of nitrogens with one attached hydrogen (secondary N) is 1. The lowest BCUT2D eigenvalue weighted by Crippen LogP contribution is -2.32. The van der Waals surface area contributed by atoms with Gasteiger partial charge in [0.25, 0.3) is 5.91 Å². The van der Waals surface area contributed by atoms with Crippen molar-refractivity contribution in [2.45, 2.75) is 19.8 Å². The molecule has 4 heteroatoms. The maximum Gasteiger partial charge on any atom is 0.254 e. The van der Waals surface area contributed by atoms with E-state index in [0.717, 1.165) is 62.0 Å². The van der Waals surface area contributed by atoms with Gasteiger partial charge in [-0.1, -0.05) is 0 Å². The van der Waals surface area contributed by atoms with Crippen molar-refractivity contribution in [2.24, 2.45) is 11.8 Å². The van der Waals surface area contributed by atoms with Crippen molar-refractivity contribution in [3.63, 3.8) is 0 Å². The summed E-state index contributed by atoms with van der Waals surface area (Å²) in [5.74, 6) is 1.81. The summed E-state index contributed by atoms with van der Waals surface area (Å²) < 4.78 is 0. The minimum Gasteiger partial charge on any atom is -0.339 e. The minimum absolute atomic E-state index is 0.238. The standard InChI is InChI=1S/C14H20N2OS/c1-10-8-18-9-13(10)14(17)16-4-2-11-6-15-7-12(11)3-5-16/h8-9,11-12,15H,2-7H2,1H3/t11-,12+. The van der Waals surface area contributed by atoms with Crippen LogP contribution in [0, 0.1) is 18.8 Å². The Morgan fingerprint density at radius 1 is 1.28 bits per heavy atom. The van der Waals surface area contributed by atoms with Gasteiger partial charge >= 0.3 is 0 Å². The number of hydrogen-bond donors (Lipinski definition) is 1. The summed E-state index contributed by atoms with van der Waals surface area (Å²) in [6.07, 6.45) is 2.32. The monoisotopic (exact) mass is 264 g/mol. The lowest BCUT2D eigenvalue weighted by molar-refractivity contribution is 0.0758. The molecule has 2 aliphatic heterocycles. The topological polar surface area (TPSA) is 32.3 Å². The highest BCUT2D eigenvalue weighted by molar-refractivity contribution is 7.08. The van der Waals surface area contributed by atoms with Gasteiger partial charge in [-0.15, -0.1) is 0 Å². The summed E-state index contributed by atoms with van der Waals surface area (Å²) in [7, 11) is 0. The number of fused-ring (bicyclic) bond motifs is 1. The van der Waals surface area contributed by atoms with E-state index in [2.05, 4.69) is 15.6 Å². The number of nitrogens with zero attached hydrogens (tertiary/aromatic N) is 1. The Bertz CT molecular complexity index is 429. The van der Waals surface area contributed by atoms with Crippen molar-refractivity contribution in [3.8, 4) is 0 Å². The first-order valence-electron chi connectivity index (χ1n) is 6.78. The van der Waals surface area contributed by atoms with Gasteiger partial charge in [-0.3, -0.25) is 4.79 Å². The fourth-order valence-electron chi connectivity index (χ4n) is 3.17. The molecule has 0 aliphatic carbocycles. The first-order chi connectivity index (χ1) is 8.75. The molecule has 18 heavy (non-hydrogen) atoms. The third-order valence-corrected chi connectivity index (χ3v) is 5.25. The van der Waals surface area contributed by atoms with Crippen molar-refractivity contribution < 1.29 is 4.79 Å². The zero-order valence-corrected chi connectivity index (χ0v) is 11.6. The van der Waals surface area contributed by atoms with Crippen LogP contribution in [-0.4, -0.2) is 37.0 Å². The number of carbonyl (C=O) groups excluding carboxylic acids is 1. The molecule has 1 aromatic rings. The maximum absolute atomic E-state index is 12.5. The van der Waals surface area contributed by atoms with Crippen molar-refractivity contribution in [1.82, 2.24) is 10.2 Å². The third kappa shape index (κ3) is 2.19. The molecule has 0 saturated carbocycles. The number of thiophene rings is 1. The van der Waals surface area contributed by atoms with E-state index in [1.165, 1.54) is 0 Å². The van der Waals surface area contributed by atoms with Gasteiger partial charge in [0.05, 0.1) is 5.56 Å². The van der Waals surface area contributed by atoms with Crippen molar-refractivity contribution in [3.05, 3.63) is 21.9 Å². The fraction of sp³-hybridized carbons (Fsp3) is 0.643.